The van der Waals surface area contributed by atoms with Crippen molar-refractivity contribution in [1.82, 2.24) is 4.57 Å². The van der Waals surface area contributed by atoms with Gasteiger partial charge in [-0.2, -0.15) is 0 Å². The second-order valence-electron chi connectivity index (χ2n) is 5.40. The average molecular weight is 379 g/mol. The largest absolute Gasteiger partial charge is 0.447 e. The number of halogens is 3. The van der Waals surface area contributed by atoms with Gasteiger partial charge in [-0.3, -0.25) is 0 Å². The third-order valence-corrected chi connectivity index (χ3v) is 5.04. The van der Waals surface area contributed by atoms with Crippen LogP contribution in [0.1, 0.15) is 11.7 Å². The molecule has 0 N–H and O–H groups in total. The van der Waals surface area contributed by atoms with Crippen LogP contribution in [0.5, 0.6) is 0 Å². The molecule has 3 aromatic rings. The van der Waals surface area contributed by atoms with Crippen LogP contribution in [0.25, 0.3) is 16.6 Å². The van der Waals surface area contributed by atoms with Crippen molar-refractivity contribution in [3.63, 3.8) is 0 Å². The van der Waals surface area contributed by atoms with Crippen molar-refractivity contribution in [2.45, 2.75) is 6.10 Å². The quantitative estimate of drug-likeness (QED) is 0.546. The molecule has 0 radical (unpaired) electrons. The van der Waals surface area contributed by atoms with E-state index < -0.39 is 12.1 Å². The first kappa shape index (κ1) is 15.6. The Bertz CT molecular complexity index is 992. The topological polar surface area (TPSA) is 31.2 Å². The molecule has 1 aliphatic rings. The lowest BCUT2D eigenvalue weighted by molar-refractivity contribution is -0.139. The Kier molecular flexibility index (Phi) is 3.80. The number of ether oxygens (including phenoxy) is 1. The van der Waals surface area contributed by atoms with E-state index in [2.05, 4.69) is 0 Å². The number of benzene rings is 2. The van der Waals surface area contributed by atoms with E-state index in [1.807, 2.05) is 53.2 Å². The molecule has 0 amide bonds. The van der Waals surface area contributed by atoms with Gasteiger partial charge in [0.05, 0.1) is 10.5 Å². The molecule has 4 rings (SSSR count). The van der Waals surface area contributed by atoms with Crippen LogP contribution >= 0.6 is 34.8 Å². The van der Waals surface area contributed by atoms with Gasteiger partial charge in [0, 0.05) is 27.9 Å². The lowest BCUT2D eigenvalue weighted by Gasteiger charge is -2.09. The molecule has 1 unspecified atom stereocenters. The van der Waals surface area contributed by atoms with Gasteiger partial charge in [-0.15, -0.1) is 0 Å². The van der Waals surface area contributed by atoms with Crippen LogP contribution in [0.2, 0.25) is 5.02 Å². The minimum atomic E-state index is -0.708. The van der Waals surface area contributed by atoms with Gasteiger partial charge in [0.25, 0.3) is 0 Å². The predicted octanol–water partition coefficient (Wildman–Crippen LogP) is 5.57. The smallest absolute Gasteiger partial charge is 0.352 e. The molecule has 24 heavy (non-hydrogen) atoms. The van der Waals surface area contributed by atoms with E-state index >= 15 is 0 Å². The zero-order valence-corrected chi connectivity index (χ0v) is 14.4. The van der Waals surface area contributed by atoms with Crippen LogP contribution in [0.15, 0.2) is 64.8 Å². The standard InChI is InChI=1S/C18H10Cl3NO2/c19-10-6-7-12-13(17-15(20)16(21)18(23)24-17)9-22(14(12)8-10)11-4-2-1-3-5-11/h1-9,17H. The van der Waals surface area contributed by atoms with Crippen LogP contribution < -0.4 is 0 Å². The summed E-state index contributed by atoms with van der Waals surface area (Å²) in [5.41, 5.74) is 2.62. The fourth-order valence-corrected chi connectivity index (χ4v) is 3.41. The first-order chi connectivity index (χ1) is 11.6. The number of para-hydroxylation sites is 1. The number of rotatable bonds is 2. The van der Waals surface area contributed by atoms with E-state index in [4.69, 9.17) is 39.5 Å². The summed E-state index contributed by atoms with van der Waals surface area (Å²) in [4.78, 5) is 11.7. The van der Waals surface area contributed by atoms with Crippen LogP contribution in [0.3, 0.4) is 0 Å². The van der Waals surface area contributed by atoms with Crippen LogP contribution in [0, 0.1) is 0 Å². The van der Waals surface area contributed by atoms with Gasteiger partial charge in [0.2, 0.25) is 0 Å². The number of esters is 1. The number of hydrogen-bond acceptors (Lipinski definition) is 2. The highest BCUT2D eigenvalue weighted by Gasteiger charge is 2.35. The second kappa shape index (κ2) is 5.85. The second-order valence-corrected chi connectivity index (χ2v) is 6.62. The zero-order chi connectivity index (χ0) is 16.8. The van der Waals surface area contributed by atoms with Crippen molar-refractivity contribution in [3.05, 3.63) is 75.4 Å². The highest BCUT2D eigenvalue weighted by molar-refractivity contribution is 6.48. The van der Waals surface area contributed by atoms with Gasteiger partial charge in [0.15, 0.2) is 6.10 Å². The van der Waals surface area contributed by atoms with E-state index in [1.54, 1.807) is 6.07 Å². The maximum Gasteiger partial charge on any atom is 0.352 e. The summed E-state index contributed by atoms with van der Waals surface area (Å²) in [5.74, 6) is -0.610. The van der Waals surface area contributed by atoms with Gasteiger partial charge in [-0.1, -0.05) is 59.1 Å². The molecule has 3 nitrogen and oxygen atoms in total. The molecule has 2 heterocycles. The highest BCUT2D eigenvalue weighted by atomic mass is 35.5. The lowest BCUT2D eigenvalue weighted by atomic mass is 10.1. The molecule has 0 saturated heterocycles. The summed E-state index contributed by atoms with van der Waals surface area (Å²) in [7, 11) is 0. The molecule has 0 bridgehead atoms. The monoisotopic (exact) mass is 377 g/mol. The molecule has 6 heteroatoms. The molecular weight excluding hydrogens is 369 g/mol. The van der Waals surface area contributed by atoms with Crippen molar-refractivity contribution < 1.29 is 9.53 Å². The Morgan fingerprint density at radius 2 is 1.75 bits per heavy atom. The van der Waals surface area contributed by atoms with Crippen LogP contribution in [-0.4, -0.2) is 10.5 Å². The van der Waals surface area contributed by atoms with Crippen molar-refractivity contribution in [1.29, 1.82) is 0 Å². The first-order valence-corrected chi connectivity index (χ1v) is 8.31. The summed E-state index contributed by atoms with van der Waals surface area (Å²) < 4.78 is 7.32. The molecule has 1 atom stereocenters. The lowest BCUT2D eigenvalue weighted by Crippen LogP contribution is -2.01. The Labute approximate surface area is 153 Å². The van der Waals surface area contributed by atoms with Crippen molar-refractivity contribution in [2.75, 3.05) is 0 Å². The van der Waals surface area contributed by atoms with Gasteiger partial charge in [0.1, 0.15) is 5.03 Å². The maximum atomic E-state index is 11.7. The predicted molar refractivity (Wildman–Crippen MR) is 95.9 cm³/mol. The Morgan fingerprint density at radius 3 is 2.42 bits per heavy atom. The number of aromatic nitrogens is 1. The zero-order valence-electron chi connectivity index (χ0n) is 12.2. The van der Waals surface area contributed by atoms with Gasteiger partial charge in [-0.05, 0) is 24.3 Å². The Balaban J connectivity index is 1.97. The SMILES string of the molecule is O=C1OC(c2cn(-c3ccccc3)c3cc(Cl)ccc23)C(Cl)=C1Cl. The minimum Gasteiger partial charge on any atom is -0.447 e. The van der Waals surface area contributed by atoms with E-state index in [9.17, 15) is 4.79 Å². The van der Waals surface area contributed by atoms with Gasteiger partial charge >= 0.3 is 5.97 Å². The number of nitrogens with zero attached hydrogens (tertiary/aromatic N) is 1. The van der Waals surface area contributed by atoms with Crippen LogP contribution in [0.4, 0.5) is 0 Å². The third-order valence-electron chi connectivity index (χ3n) is 3.96. The molecule has 1 aliphatic heterocycles. The molecule has 0 saturated carbocycles. The van der Waals surface area contributed by atoms with Gasteiger partial charge in [-0.25, -0.2) is 4.79 Å². The molecule has 0 fully saturated rings. The fourth-order valence-electron chi connectivity index (χ4n) is 2.86. The number of carbonyl (C=O) groups is 1. The highest BCUT2D eigenvalue weighted by Crippen LogP contribution is 2.43. The Hall–Kier alpha value is -1.94. The number of hydrogen-bond donors (Lipinski definition) is 0. The van der Waals surface area contributed by atoms with E-state index in [0.29, 0.717) is 5.02 Å². The van der Waals surface area contributed by atoms with E-state index in [1.165, 1.54) is 0 Å². The summed E-state index contributed by atoms with van der Waals surface area (Å²) in [6.07, 6.45) is 1.19. The summed E-state index contributed by atoms with van der Waals surface area (Å²) in [5, 5.41) is 1.64. The average Bonchev–Trinajstić information content (AvgIpc) is 3.08. The normalized spacial score (nSPS) is 17.6. The first-order valence-electron chi connectivity index (χ1n) is 7.18. The third kappa shape index (κ3) is 2.40. The molecule has 2 aromatic carbocycles. The Morgan fingerprint density at radius 1 is 1.00 bits per heavy atom. The van der Waals surface area contributed by atoms with E-state index in [0.717, 1.165) is 22.2 Å². The maximum absolute atomic E-state index is 11.7. The molecule has 1 aromatic heterocycles. The van der Waals surface area contributed by atoms with Crippen molar-refractivity contribution >= 4 is 51.7 Å². The number of carbonyl (C=O) groups excluding carboxylic acids is 1. The minimum absolute atomic E-state index is 0.0729. The van der Waals surface area contributed by atoms with E-state index in [-0.39, 0.29) is 10.1 Å². The van der Waals surface area contributed by atoms with Crippen LogP contribution in [-0.2, 0) is 9.53 Å². The summed E-state index contributed by atoms with van der Waals surface area (Å²) in [6.45, 7) is 0. The van der Waals surface area contributed by atoms with Gasteiger partial charge < -0.3 is 9.30 Å². The molecule has 0 spiro atoms. The number of fused-ring (bicyclic) bond motifs is 1. The number of cyclic esters (lactones) is 1. The summed E-state index contributed by atoms with van der Waals surface area (Å²) >= 11 is 18.3. The van der Waals surface area contributed by atoms with Crippen molar-refractivity contribution in [2.24, 2.45) is 0 Å². The molecular formula is C18H10Cl3NO2. The molecule has 0 aliphatic carbocycles. The summed E-state index contributed by atoms with van der Waals surface area (Å²) in [6, 6.07) is 15.3. The van der Waals surface area contributed by atoms with Crippen molar-refractivity contribution in [3.8, 4) is 5.69 Å². The molecule has 120 valence electrons. The fraction of sp³-hybridized carbons (Fsp3) is 0.0556.